The molecule has 0 bridgehead atoms. The minimum Gasteiger partial charge on any atom is -0.494 e. The Balaban J connectivity index is 2.00. The van der Waals surface area contributed by atoms with Crippen molar-refractivity contribution < 1.29 is 9.53 Å². The van der Waals surface area contributed by atoms with Crippen molar-refractivity contribution in [3.63, 3.8) is 0 Å². The number of rotatable bonds is 8. The molecular weight excluding hydrogens is 482 g/mol. The van der Waals surface area contributed by atoms with Gasteiger partial charge >= 0.3 is 0 Å². The van der Waals surface area contributed by atoms with Crippen LogP contribution in [-0.2, 0) is 4.79 Å². The minimum absolute atomic E-state index is 0.189. The maximum atomic E-state index is 12.2. The number of allylic oxidation sites excluding steroid dienone is 2. The molecule has 1 aromatic heterocycles. The Kier molecular flexibility index (Phi) is 9.72. The molecule has 3 rings (SSSR count). The van der Waals surface area contributed by atoms with E-state index in [-0.39, 0.29) is 11.9 Å². The number of carbonyl (C=O) groups is 1. The molecule has 0 aliphatic heterocycles. The number of nitrogens with zero attached hydrogens (tertiary/aromatic N) is 7. The summed E-state index contributed by atoms with van der Waals surface area (Å²) in [5.74, 6) is 0.758. The molecule has 0 saturated heterocycles. The number of nitrogens with one attached hydrogen (secondary N) is 2. The van der Waals surface area contributed by atoms with Crippen LogP contribution >= 0.6 is 0 Å². The first-order valence-corrected chi connectivity index (χ1v) is 12.0. The molecule has 2 aromatic rings. The van der Waals surface area contributed by atoms with Gasteiger partial charge in [-0.3, -0.25) is 14.4 Å². The highest BCUT2D eigenvalue weighted by Gasteiger charge is 2.18. The van der Waals surface area contributed by atoms with Gasteiger partial charge in [-0.05, 0) is 51.5 Å². The van der Waals surface area contributed by atoms with Crippen LogP contribution in [0.15, 0.2) is 58.2 Å². The molecule has 1 aliphatic rings. The van der Waals surface area contributed by atoms with Gasteiger partial charge in [0.05, 0.1) is 35.6 Å². The SMILES string of the molecule is C=CC(=O)Nc1cc(N/C(N=C)=N/C(=N\C)n2cnc3c2C=CCC=C3)c(OC)cc1N(C)CCN(C)C. The summed E-state index contributed by atoms with van der Waals surface area (Å²) in [6, 6.07) is 3.61. The van der Waals surface area contributed by atoms with E-state index in [4.69, 9.17) is 4.74 Å². The van der Waals surface area contributed by atoms with Crippen LogP contribution < -0.4 is 20.3 Å². The summed E-state index contributed by atoms with van der Waals surface area (Å²) in [6.07, 6.45) is 11.8. The lowest BCUT2D eigenvalue weighted by Gasteiger charge is -2.26. The third-order valence-electron chi connectivity index (χ3n) is 5.73. The molecule has 1 amide bonds. The van der Waals surface area contributed by atoms with Crippen molar-refractivity contribution in [2.45, 2.75) is 6.42 Å². The number of aromatic nitrogens is 2. The van der Waals surface area contributed by atoms with Crippen LogP contribution in [0.25, 0.3) is 12.2 Å². The van der Waals surface area contributed by atoms with Crippen LogP contribution in [0.3, 0.4) is 0 Å². The summed E-state index contributed by atoms with van der Waals surface area (Å²) in [7, 11) is 9.18. The van der Waals surface area contributed by atoms with Crippen LogP contribution in [0.1, 0.15) is 17.8 Å². The van der Waals surface area contributed by atoms with Crippen molar-refractivity contribution in [3.8, 4) is 5.75 Å². The van der Waals surface area contributed by atoms with E-state index in [2.05, 4.69) is 48.8 Å². The Morgan fingerprint density at radius 1 is 1.18 bits per heavy atom. The van der Waals surface area contributed by atoms with Crippen molar-refractivity contribution in [3.05, 3.63) is 54.7 Å². The normalized spacial score (nSPS) is 13.1. The molecule has 38 heavy (non-hydrogen) atoms. The number of carbonyl (C=O) groups excluding carboxylic acids is 1. The van der Waals surface area contributed by atoms with E-state index in [1.165, 1.54) is 6.08 Å². The second-order valence-electron chi connectivity index (χ2n) is 8.66. The van der Waals surface area contributed by atoms with Gasteiger partial charge < -0.3 is 25.2 Å². The van der Waals surface area contributed by atoms with Gasteiger partial charge in [-0.1, -0.05) is 18.7 Å². The molecule has 0 unspecified atom stereocenters. The standard InChI is InChI=1S/C27H35N9O2/c1-8-25(37)31-20-16-21(24(38-7)17-23(20)35(6)15-14-34(4)5)32-26(28-2)33-27(29-3)36-18-30-19-12-10-9-11-13-22(19)36/h8,10-13,16-18H,1-2,9,14-15H2,3-7H3,(H,31,37)(H,29,32,33). The van der Waals surface area contributed by atoms with Crippen molar-refractivity contribution >= 4 is 53.8 Å². The van der Waals surface area contributed by atoms with Gasteiger partial charge in [0.2, 0.25) is 17.8 Å². The lowest BCUT2D eigenvalue weighted by molar-refractivity contribution is -0.111. The lowest BCUT2D eigenvalue weighted by atomic mass is 10.2. The first-order chi connectivity index (χ1) is 18.3. The number of methoxy groups -OCH3 is 1. The Labute approximate surface area is 223 Å². The number of benzene rings is 1. The highest BCUT2D eigenvalue weighted by atomic mass is 16.5. The molecule has 1 aromatic carbocycles. The van der Waals surface area contributed by atoms with E-state index >= 15 is 0 Å². The number of hydrogen-bond acceptors (Lipinski definition) is 6. The molecule has 0 fully saturated rings. The molecule has 0 radical (unpaired) electrons. The maximum absolute atomic E-state index is 12.2. The van der Waals surface area contributed by atoms with Crippen molar-refractivity contribution in [2.24, 2.45) is 15.0 Å². The predicted octanol–water partition coefficient (Wildman–Crippen LogP) is 3.45. The second kappa shape index (κ2) is 13.2. The Morgan fingerprint density at radius 2 is 1.95 bits per heavy atom. The number of aliphatic imine (C=N–C) groups is 3. The fourth-order valence-corrected chi connectivity index (χ4v) is 3.70. The molecule has 200 valence electrons. The Bertz CT molecular complexity index is 1300. The Hall–Kier alpha value is -4.51. The summed E-state index contributed by atoms with van der Waals surface area (Å²) < 4.78 is 7.46. The van der Waals surface area contributed by atoms with E-state index in [9.17, 15) is 4.79 Å². The number of fused-ring (bicyclic) bond motifs is 1. The molecule has 0 atom stereocenters. The summed E-state index contributed by atoms with van der Waals surface area (Å²) in [5, 5.41) is 6.04. The fraction of sp³-hybridized carbons (Fsp3) is 0.296. The lowest BCUT2D eigenvalue weighted by Crippen LogP contribution is -2.29. The van der Waals surface area contributed by atoms with Crippen LogP contribution in [0.4, 0.5) is 17.1 Å². The molecular formula is C27H35N9O2. The quantitative estimate of drug-likeness (QED) is 0.315. The van der Waals surface area contributed by atoms with Gasteiger partial charge in [0.1, 0.15) is 12.1 Å². The number of anilines is 3. The van der Waals surface area contributed by atoms with E-state index < -0.39 is 0 Å². The van der Waals surface area contributed by atoms with Gasteiger partial charge in [-0.2, -0.15) is 4.99 Å². The first kappa shape index (κ1) is 28.1. The molecule has 0 spiro atoms. The predicted molar refractivity (Wildman–Crippen MR) is 158 cm³/mol. The number of amides is 1. The molecule has 11 heteroatoms. The number of guanidine groups is 1. The minimum atomic E-state index is -0.331. The van der Waals surface area contributed by atoms with Crippen LogP contribution in [-0.4, -0.2) is 87.4 Å². The molecule has 11 nitrogen and oxygen atoms in total. The summed E-state index contributed by atoms with van der Waals surface area (Å²) in [6.45, 7) is 8.79. The molecule has 0 saturated carbocycles. The highest BCUT2D eigenvalue weighted by Crippen LogP contribution is 2.37. The summed E-state index contributed by atoms with van der Waals surface area (Å²) >= 11 is 0. The zero-order chi connectivity index (χ0) is 27.7. The van der Waals surface area contributed by atoms with E-state index in [1.54, 1.807) is 31.1 Å². The van der Waals surface area contributed by atoms with Gasteiger partial charge in [0, 0.05) is 33.3 Å². The van der Waals surface area contributed by atoms with E-state index in [0.29, 0.717) is 23.1 Å². The van der Waals surface area contributed by atoms with Gasteiger partial charge in [-0.15, -0.1) is 0 Å². The maximum Gasteiger partial charge on any atom is 0.247 e. The monoisotopic (exact) mass is 517 g/mol. The number of ether oxygens (including phenoxy) is 1. The van der Waals surface area contributed by atoms with Gasteiger partial charge in [-0.25, -0.2) is 9.98 Å². The average molecular weight is 518 g/mol. The second-order valence-corrected chi connectivity index (χ2v) is 8.66. The smallest absolute Gasteiger partial charge is 0.247 e. The zero-order valence-electron chi connectivity index (χ0n) is 22.6. The average Bonchev–Trinajstić information content (AvgIpc) is 3.16. The van der Waals surface area contributed by atoms with E-state index in [0.717, 1.165) is 36.6 Å². The summed E-state index contributed by atoms with van der Waals surface area (Å²) in [4.78, 5) is 33.8. The molecule has 1 aliphatic carbocycles. The van der Waals surface area contributed by atoms with Gasteiger partial charge in [0.15, 0.2) is 0 Å². The topological polar surface area (TPSA) is 112 Å². The number of imidazole rings is 1. The van der Waals surface area contributed by atoms with Crippen LogP contribution in [0.5, 0.6) is 5.75 Å². The summed E-state index contributed by atoms with van der Waals surface area (Å²) in [5.41, 5.74) is 3.58. The molecule has 2 N–H and O–H groups in total. The van der Waals surface area contributed by atoms with Gasteiger partial charge in [0.25, 0.3) is 0 Å². The van der Waals surface area contributed by atoms with Crippen molar-refractivity contribution in [2.75, 3.05) is 63.9 Å². The van der Waals surface area contributed by atoms with Crippen molar-refractivity contribution in [1.82, 2.24) is 14.5 Å². The third kappa shape index (κ3) is 6.83. The highest BCUT2D eigenvalue weighted by molar-refractivity contribution is 6.07. The Morgan fingerprint density at radius 3 is 2.61 bits per heavy atom. The third-order valence-corrected chi connectivity index (χ3v) is 5.73. The number of hydrogen-bond donors (Lipinski definition) is 2. The zero-order valence-corrected chi connectivity index (χ0v) is 22.6. The first-order valence-electron chi connectivity index (χ1n) is 12.0. The van der Waals surface area contributed by atoms with Crippen LogP contribution in [0.2, 0.25) is 0 Å². The fourth-order valence-electron chi connectivity index (χ4n) is 3.70. The van der Waals surface area contributed by atoms with E-state index in [1.807, 2.05) is 56.4 Å². The molecule has 1 heterocycles. The van der Waals surface area contributed by atoms with Crippen LogP contribution in [0, 0.1) is 0 Å². The largest absolute Gasteiger partial charge is 0.494 e. The van der Waals surface area contributed by atoms with Crippen molar-refractivity contribution in [1.29, 1.82) is 0 Å². The number of likely N-dealkylation sites (N-methyl/N-ethyl adjacent to an activating group) is 2.